The summed E-state index contributed by atoms with van der Waals surface area (Å²) in [5.74, 6) is -1.04. The van der Waals surface area contributed by atoms with Gasteiger partial charge in [-0.05, 0) is 48.2 Å². The molecule has 0 aliphatic carbocycles. The zero-order chi connectivity index (χ0) is 21.3. The monoisotopic (exact) mass is 470 g/mol. The van der Waals surface area contributed by atoms with Crippen molar-refractivity contribution in [2.24, 2.45) is 4.99 Å². The van der Waals surface area contributed by atoms with Gasteiger partial charge < -0.3 is 9.84 Å². The topological polar surface area (TPSA) is 79.2 Å². The van der Waals surface area contributed by atoms with Gasteiger partial charge in [-0.25, -0.2) is 9.79 Å². The molecular formula is C19H13Cl3N2O4S. The fraction of sp³-hybridized carbons (Fsp3) is 0.105. The molecule has 1 aliphatic rings. The molecule has 29 heavy (non-hydrogen) atoms. The number of rotatable bonds is 4. The van der Waals surface area contributed by atoms with Gasteiger partial charge in [0.15, 0.2) is 5.17 Å². The van der Waals surface area contributed by atoms with Crippen LogP contribution in [0.15, 0.2) is 40.2 Å². The highest BCUT2D eigenvalue weighted by atomic mass is 35.5. The number of likely N-dealkylation sites (N-methyl/N-ethyl adjacent to an activating group) is 1. The van der Waals surface area contributed by atoms with Crippen LogP contribution in [-0.2, 0) is 4.79 Å². The number of carbonyl (C=O) groups is 2. The summed E-state index contributed by atoms with van der Waals surface area (Å²) in [6.07, 6.45) is 1.62. The van der Waals surface area contributed by atoms with E-state index in [2.05, 4.69) is 4.99 Å². The molecule has 1 aliphatic heterocycles. The van der Waals surface area contributed by atoms with Gasteiger partial charge in [0.1, 0.15) is 5.75 Å². The minimum Gasteiger partial charge on any atom is -0.495 e. The van der Waals surface area contributed by atoms with Gasteiger partial charge in [0.25, 0.3) is 5.91 Å². The lowest BCUT2D eigenvalue weighted by Crippen LogP contribution is -2.23. The van der Waals surface area contributed by atoms with E-state index in [0.717, 1.165) is 11.8 Å². The average molecular weight is 472 g/mol. The van der Waals surface area contributed by atoms with Crippen molar-refractivity contribution in [3.8, 4) is 5.75 Å². The Morgan fingerprint density at radius 1 is 1.21 bits per heavy atom. The second-order valence-corrected chi connectivity index (χ2v) is 8.11. The molecule has 150 valence electrons. The molecule has 1 fully saturated rings. The molecule has 1 saturated heterocycles. The smallest absolute Gasteiger partial charge is 0.337 e. The normalized spacial score (nSPS) is 16.7. The maximum absolute atomic E-state index is 12.6. The summed E-state index contributed by atoms with van der Waals surface area (Å²) in [6.45, 7) is 0. The third kappa shape index (κ3) is 4.53. The Balaban J connectivity index is 1.99. The molecule has 0 saturated carbocycles. The second-order valence-electron chi connectivity index (χ2n) is 5.85. The number of amidine groups is 1. The van der Waals surface area contributed by atoms with Crippen LogP contribution in [0.4, 0.5) is 5.69 Å². The van der Waals surface area contributed by atoms with Gasteiger partial charge in [0.2, 0.25) is 0 Å². The highest BCUT2D eigenvalue weighted by Crippen LogP contribution is 2.38. The van der Waals surface area contributed by atoms with Crippen molar-refractivity contribution < 1.29 is 19.4 Å². The number of benzene rings is 2. The van der Waals surface area contributed by atoms with Crippen LogP contribution in [0.5, 0.6) is 5.75 Å². The number of carboxylic acids is 1. The third-order valence-corrected chi connectivity index (χ3v) is 5.83. The van der Waals surface area contributed by atoms with Crippen molar-refractivity contribution >= 4 is 75.4 Å². The predicted molar refractivity (Wildman–Crippen MR) is 117 cm³/mol. The van der Waals surface area contributed by atoms with Crippen molar-refractivity contribution in [1.82, 2.24) is 4.90 Å². The minimum atomic E-state index is -1.16. The van der Waals surface area contributed by atoms with E-state index >= 15 is 0 Å². The number of ether oxygens (including phenoxy) is 1. The molecule has 0 aromatic heterocycles. The van der Waals surface area contributed by atoms with Gasteiger partial charge in [-0.1, -0.05) is 34.8 Å². The molecule has 1 amide bonds. The Hall–Kier alpha value is -2.19. The first-order valence-electron chi connectivity index (χ1n) is 8.03. The van der Waals surface area contributed by atoms with Crippen LogP contribution in [0.3, 0.4) is 0 Å². The number of thioether (sulfide) groups is 1. The van der Waals surface area contributed by atoms with Gasteiger partial charge in [0, 0.05) is 17.6 Å². The molecule has 2 aromatic rings. The van der Waals surface area contributed by atoms with E-state index in [0.29, 0.717) is 37.1 Å². The minimum absolute atomic E-state index is 0.0698. The van der Waals surface area contributed by atoms with E-state index in [1.807, 2.05) is 0 Å². The molecular weight excluding hydrogens is 459 g/mol. The number of aromatic carboxylic acids is 1. The van der Waals surface area contributed by atoms with Crippen LogP contribution in [0.1, 0.15) is 15.9 Å². The molecule has 3 rings (SSSR count). The maximum Gasteiger partial charge on any atom is 0.337 e. The first-order chi connectivity index (χ1) is 13.7. The van der Waals surface area contributed by atoms with E-state index in [-0.39, 0.29) is 16.5 Å². The molecule has 0 atom stereocenters. The summed E-state index contributed by atoms with van der Waals surface area (Å²) in [7, 11) is 3.05. The molecule has 0 unspecified atom stereocenters. The number of hydrogen-bond donors (Lipinski definition) is 1. The fourth-order valence-electron chi connectivity index (χ4n) is 2.55. The number of carboxylic acid groups (broad SMARTS) is 1. The van der Waals surface area contributed by atoms with Crippen LogP contribution in [0.2, 0.25) is 15.1 Å². The SMILES string of the molecule is COc1c(Cl)cc(Cl)cc1/C=C1/SC(=Nc2ccc(Cl)c(C(=O)O)c2)N(C)C1=O. The van der Waals surface area contributed by atoms with E-state index in [1.165, 1.54) is 24.1 Å². The van der Waals surface area contributed by atoms with Crippen molar-refractivity contribution in [1.29, 1.82) is 0 Å². The number of methoxy groups -OCH3 is 1. The third-order valence-electron chi connectivity index (χ3n) is 3.94. The van der Waals surface area contributed by atoms with Gasteiger partial charge in [-0.15, -0.1) is 0 Å². The molecule has 10 heteroatoms. The van der Waals surface area contributed by atoms with Crippen LogP contribution in [0, 0.1) is 0 Å². The standard InChI is InChI=1S/C19H13Cl3N2O4S/c1-24-17(25)15(6-9-5-10(20)7-14(22)16(9)28-2)29-19(24)23-11-3-4-13(21)12(8-11)18(26)27/h3-8H,1-2H3,(H,26,27)/b15-6+,23-19?. The number of nitrogens with zero attached hydrogens (tertiary/aromatic N) is 2. The summed E-state index contributed by atoms with van der Waals surface area (Å²) in [5, 5.41) is 10.4. The van der Waals surface area contributed by atoms with Crippen LogP contribution in [0.25, 0.3) is 6.08 Å². The lowest BCUT2D eigenvalue weighted by Gasteiger charge is -2.08. The highest BCUT2D eigenvalue weighted by Gasteiger charge is 2.31. The van der Waals surface area contributed by atoms with E-state index in [4.69, 9.17) is 39.5 Å². The zero-order valence-corrected chi connectivity index (χ0v) is 18.2. The lowest BCUT2D eigenvalue weighted by molar-refractivity contribution is -0.121. The fourth-order valence-corrected chi connectivity index (χ4v) is 4.32. The van der Waals surface area contributed by atoms with Crippen molar-refractivity contribution in [2.45, 2.75) is 0 Å². The zero-order valence-electron chi connectivity index (χ0n) is 15.1. The van der Waals surface area contributed by atoms with Crippen molar-refractivity contribution in [3.63, 3.8) is 0 Å². The van der Waals surface area contributed by atoms with E-state index in [1.54, 1.807) is 31.3 Å². The molecule has 0 bridgehead atoms. The molecule has 0 spiro atoms. The van der Waals surface area contributed by atoms with Gasteiger partial charge >= 0.3 is 5.97 Å². The van der Waals surface area contributed by atoms with Crippen LogP contribution >= 0.6 is 46.6 Å². The molecule has 2 aromatic carbocycles. The summed E-state index contributed by atoms with van der Waals surface area (Å²) in [5.41, 5.74) is 0.841. The van der Waals surface area contributed by atoms with Crippen molar-refractivity contribution in [3.05, 3.63) is 61.4 Å². The molecule has 1 N–H and O–H groups in total. The quantitative estimate of drug-likeness (QED) is 0.588. The summed E-state index contributed by atoms with van der Waals surface area (Å²) < 4.78 is 5.31. The maximum atomic E-state index is 12.6. The summed E-state index contributed by atoms with van der Waals surface area (Å²) in [6, 6.07) is 7.55. The average Bonchev–Trinajstić information content (AvgIpc) is 2.90. The Morgan fingerprint density at radius 3 is 2.59 bits per heavy atom. The lowest BCUT2D eigenvalue weighted by atomic mass is 10.2. The Labute approximate surface area is 185 Å². The largest absolute Gasteiger partial charge is 0.495 e. The number of aliphatic imine (C=N–C) groups is 1. The molecule has 1 heterocycles. The van der Waals surface area contributed by atoms with Gasteiger partial charge in [0.05, 0.1) is 33.3 Å². The predicted octanol–water partition coefficient (Wildman–Crippen LogP) is 5.59. The molecule has 0 radical (unpaired) electrons. The Kier molecular flexibility index (Phi) is 6.43. The van der Waals surface area contributed by atoms with E-state index < -0.39 is 5.97 Å². The van der Waals surface area contributed by atoms with Gasteiger partial charge in [-0.3, -0.25) is 9.69 Å². The molecule has 6 nitrogen and oxygen atoms in total. The Bertz CT molecular complexity index is 1090. The second kappa shape index (κ2) is 8.67. The number of hydrogen-bond acceptors (Lipinski definition) is 5. The Morgan fingerprint density at radius 2 is 1.93 bits per heavy atom. The van der Waals surface area contributed by atoms with E-state index in [9.17, 15) is 14.7 Å². The first-order valence-corrected chi connectivity index (χ1v) is 9.98. The van der Waals surface area contributed by atoms with Crippen molar-refractivity contribution in [2.75, 3.05) is 14.2 Å². The van der Waals surface area contributed by atoms with Gasteiger partial charge in [-0.2, -0.15) is 0 Å². The summed E-state index contributed by atoms with van der Waals surface area (Å²) >= 11 is 19.2. The van der Waals surface area contributed by atoms with Crippen LogP contribution < -0.4 is 4.74 Å². The number of carbonyl (C=O) groups excluding carboxylic acids is 1. The first kappa shape index (κ1) is 21.5. The number of amides is 1. The summed E-state index contributed by atoms with van der Waals surface area (Å²) in [4.78, 5) is 30.0. The highest BCUT2D eigenvalue weighted by molar-refractivity contribution is 8.18. The number of halogens is 3. The van der Waals surface area contributed by atoms with Crippen LogP contribution in [-0.4, -0.2) is 41.2 Å².